The van der Waals surface area contributed by atoms with Crippen molar-refractivity contribution >= 4 is 32.7 Å². The van der Waals surface area contributed by atoms with Gasteiger partial charge in [-0.1, -0.05) is 48.2 Å². The average Bonchev–Trinajstić information content (AvgIpc) is 3.19. The second-order valence-corrected chi connectivity index (χ2v) is 10.5. The lowest BCUT2D eigenvalue weighted by Crippen LogP contribution is -2.37. The number of benzene rings is 2. The van der Waals surface area contributed by atoms with E-state index < -0.39 is 15.7 Å². The molecule has 30 heavy (non-hydrogen) atoms. The Hall–Kier alpha value is -2.52. The second kappa shape index (κ2) is 8.69. The van der Waals surface area contributed by atoms with Gasteiger partial charge in [0.1, 0.15) is 11.5 Å². The van der Waals surface area contributed by atoms with Gasteiger partial charge in [0.15, 0.2) is 21.6 Å². The predicted octanol–water partition coefficient (Wildman–Crippen LogP) is 2.37. The Morgan fingerprint density at radius 3 is 2.63 bits per heavy atom. The third-order valence-corrected chi connectivity index (χ3v) is 8.28. The number of carbonyl (C=O) groups is 1. The molecule has 0 radical (unpaired) electrons. The van der Waals surface area contributed by atoms with Gasteiger partial charge >= 0.3 is 0 Å². The molecule has 0 aromatic heterocycles. The van der Waals surface area contributed by atoms with Gasteiger partial charge in [0, 0.05) is 17.4 Å². The van der Waals surface area contributed by atoms with E-state index in [2.05, 4.69) is 4.99 Å². The molecular formula is C21H22N2O5S2. The van der Waals surface area contributed by atoms with Crippen molar-refractivity contribution in [3.63, 3.8) is 0 Å². The number of amidine groups is 1. The summed E-state index contributed by atoms with van der Waals surface area (Å²) in [6.45, 7) is 0.240. The largest absolute Gasteiger partial charge is 0.496 e. The zero-order valence-electron chi connectivity index (χ0n) is 16.4. The van der Waals surface area contributed by atoms with Gasteiger partial charge in [0.2, 0.25) is 0 Å². The number of fused-ring (bicyclic) bond motifs is 1. The molecule has 2 aromatic rings. The summed E-state index contributed by atoms with van der Waals surface area (Å²) in [5.74, 6) is 1.06. The van der Waals surface area contributed by atoms with E-state index in [-0.39, 0.29) is 29.4 Å². The monoisotopic (exact) mass is 446 g/mol. The van der Waals surface area contributed by atoms with E-state index in [0.29, 0.717) is 23.2 Å². The summed E-state index contributed by atoms with van der Waals surface area (Å²) in [6.07, 6.45) is 0. The Morgan fingerprint density at radius 1 is 1.13 bits per heavy atom. The van der Waals surface area contributed by atoms with Crippen LogP contribution < -0.4 is 9.47 Å². The molecule has 2 atom stereocenters. The lowest BCUT2D eigenvalue weighted by atomic mass is 10.1. The molecule has 2 heterocycles. The molecular weight excluding hydrogens is 424 g/mol. The minimum atomic E-state index is -3.10. The highest BCUT2D eigenvalue weighted by atomic mass is 32.2. The minimum absolute atomic E-state index is 0.0630. The first-order valence-corrected chi connectivity index (χ1v) is 12.2. The van der Waals surface area contributed by atoms with Crippen LogP contribution in [-0.4, -0.2) is 60.9 Å². The number of nitrogens with zero attached hydrogens (tertiary/aromatic N) is 2. The zero-order chi connectivity index (χ0) is 21.1. The number of hydrogen-bond donors (Lipinski definition) is 0. The summed E-state index contributed by atoms with van der Waals surface area (Å²) in [6, 6.07) is 16.4. The quantitative estimate of drug-likeness (QED) is 0.673. The Labute approximate surface area is 180 Å². The van der Waals surface area contributed by atoms with Crippen LogP contribution in [0.5, 0.6) is 11.5 Å². The summed E-state index contributed by atoms with van der Waals surface area (Å²) in [5.41, 5.74) is 0.909. The normalized spacial score (nSPS) is 23.4. The maximum Gasteiger partial charge on any atom is 0.285 e. The molecule has 158 valence electrons. The van der Waals surface area contributed by atoms with Crippen molar-refractivity contribution in [3.8, 4) is 11.5 Å². The van der Waals surface area contributed by atoms with Crippen molar-refractivity contribution < 1.29 is 22.7 Å². The number of thioether (sulfide) groups is 1. The summed E-state index contributed by atoms with van der Waals surface area (Å²) >= 11 is 1.35. The van der Waals surface area contributed by atoms with Gasteiger partial charge in [0.25, 0.3) is 5.91 Å². The molecule has 0 bridgehead atoms. The molecule has 2 fully saturated rings. The highest BCUT2D eigenvalue weighted by Crippen LogP contribution is 2.39. The van der Waals surface area contributed by atoms with E-state index in [1.807, 2.05) is 47.4 Å². The van der Waals surface area contributed by atoms with E-state index in [1.54, 1.807) is 19.2 Å². The van der Waals surface area contributed by atoms with Gasteiger partial charge in [-0.15, -0.1) is 0 Å². The predicted molar refractivity (Wildman–Crippen MR) is 117 cm³/mol. The highest BCUT2D eigenvalue weighted by Gasteiger charge is 2.48. The van der Waals surface area contributed by atoms with Crippen LogP contribution >= 0.6 is 11.8 Å². The lowest BCUT2D eigenvalue weighted by molar-refractivity contribution is -0.119. The summed E-state index contributed by atoms with van der Waals surface area (Å²) in [5, 5.41) is 0.402. The SMILES string of the molecule is COc1ccccc1CN1C(=NC(=O)COc2ccccc2)S[C@@H]2CS(=O)(=O)C[C@@H]21. The molecule has 7 nitrogen and oxygen atoms in total. The van der Waals surface area contributed by atoms with Gasteiger partial charge in [-0.25, -0.2) is 8.42 Å². The van der Waals surface area contributed by atoms with Crippen molar-refractivity contribution in [3.05, 3.63) is 60.2 Å². The number of methoxy groups -OCH3 is 1. The van der Waals surface area contributed by atoms with Crippen LogP contribution in [0.15, 0.2) is 59.6 Å². The molecule has 2 aromatic carbocycles. The number of ether oxygens (including phenoxy) is 2. The van der Waals surface area contributed by atoms with Crippen LogP contribution in [-0.2, 0) is 21.2 Å². The molecule has 0 N–H and O–H groups in total. The summed E-state index contributed by atoms with van der Waals surface area (Å²) in [4.78, 5) is 18.6. The molecule has 0 unspecified atom stereocenters. The number of sulfone groups is 1. The van der Waals surface area contributed by atoms with Crippen molar-refractivity contribution in [1.82, 2.24) is 4.90 Å². The van der Waals surface area contributed by atoms with E-state index in [0.717, 1.165) is 5.56 Å². The van der Waals surface area contributed by atoms with Gasteiger partial charge in [-0.05, 0) is 18.2 Å². The van der Waals surface area contributed by atoms with Crippen LogP contribution in [0.2, 0.25) is 0 Å². The van der Waals surface area contributed by atoms with E-state index >= 15 is 0 Å². The van der Waals surface area contributed by atoms with Crippen molar-refractivity contribution in [1.29, 1.82) is 0 Å². The van der Waals surface area contributed by atoms with E-state index in [4.69, 9.17) is 9.47 Å². The summed E-state index contributed by atoms with van der Waals surface area (Å²) in [7, 11) is -1.51. The molecule has 1 amide bonds. The number of carbonyl (C=O) groups excluding carboxylic acids is 1. The van der Waals surface area contributed by atoms with Crippen LogP contribution in [0, 0.1) is 0 Å². The first-order valence-electron chi connectivity index (χ1n) is 9.50. The van der Waals surface area contributed by atoms with Crippen LogP contribution in [0.1, 0.15) is 5.56 Å². The third kappa shape index (κ3) is 4.62. The van der Waals surface area contributed by atoms with Crippen LogP contribution in [0.25, 0.3) is 0 Å². The molecule has 2 saturated heterocycles. The smallest absolute Gasteiger partial charge is 0.285 e. The number of aliphatic imine (C=N–C) groups is 1. The fourth-order valence-electron chi connectivity index (χ4n) is 3.64. The standard InChI is InChI=1S/C21H22N2O5S2/c1-27-18-10-6-5-7-15(18)11-23-17-13-30(25,26)14-19(17)29-21(23)22-20(24)12-28-16-8-3-2-4-9-16/h2-10,17,19H,11-14H2,1H3/t17-,19+/m0/s1. The van der Waals surface area contributed by atoms with Crippen molar-refractivity contribution in [2.75, 3.05) is 25.2 Å². The van der Waals surface area contributed by atoms with Gasteiger partial charge in [0.05, 0.1) is 24.7 Å². The van der Waals surface area contributed by atoms with Gasteiger partial charge in [-0.3, -0.25) is 4.79 Å². The molecule has 0 spiro atoms. The molecule has 2 aliphatic rings. The first-order chi connectivity index (χ1) is 14.4. The third-order valence-electron chi connectivity index (χ3n) is 5.03. The maximum absolute atomic E-state index is 12.4. The topological polar surface area (TPSA) is 85.3 Å². The van der Waals surface area contributed by atoms with Crippen molar-refractivity contribution in [2.45, 2.75) is 17.8 Å². The van der Waals surface area contributed by atoms with Gasteiger partial charge in [-0.2, -0.15) is 4.99 Å². The zero-order valence-corrected chi connectivity index (χ0v) is 18.1. The molecule has 0 saturated carbocycles. The maximum atomic E-state index is 12.4. The Kier molecular flexibility index (Phi) is 6.01. The van der Waals surface area contributed by atoms with Crippen molar-refractivity contribution in [2.24, 2.45) is 4.99 Å². The Morgan fingerprint density at radius 2 is 1.87 bits per heavy atom. The molecule has 9 heteroatoms. The highest BCUT2D eigenvalue weighted by molar-refractivity contribution is 8.15. The van der Waals surface area contributed by atoms with Crippen LogP contribution in [0.3, 0.4) is 0 Å². The fraction of sp³-hybridized carbons (Fsp3) is 0.333. The Bertz CT molecular complexity index is 1060. The average molecular weight is 447 g/mol. The van der Waals surface area contributed by atoms with Crippen LogP contribution in [0.4, 0.5) is 0 Å². The molecule has 4 rings (SSSR count). The molecule has 2 aliphatic heterocycles. The van der Waals surface area contributed by atoms with Gasteiger partial charge < -0.3 is 14.4 Å². The number of hydrogen-bond acceptors (Lipinski definition) is 6. The lowest BCUT2D eigenvalue weighted by Gasteiger charge is -2.25. The number of rotatable bonds is 6. The molecule has 0 aliphatic carbocycles. The summed E-state index contributed by atoms with van der Waals surface area (Å²) < 4.78 is 35.3. The van der Waals surface area contributed by atoms with E-state index in [1.165, 1.54) is 11.8 Å². The Balaban J connectivity index is 1.54. The second-order valence-electron chi connectivity index (χ2n) is 7.13. The fourth-order valence-corrected chi connectivity index (χ4v) is 7.61. The van der Waals surface area contributed by atoms with E-state index in [9.17, 15) is 13.2 Å². The first kappa shape index (κ1) is 20.7. The minimum Gasteiger partial charge on any atom is -0.496 e. The number of amides is 1. The number of para-hydroxylation sites is 2.